The number of hydrogen-bond acceptors (Lipinski definition) is 7. The maximum Gasteiger partial charge on any atom is 0.153 e. The highest BCUT2D eigenvalue weighted by Gasteiger charge is 2.13. The topological polar surface area (TPSA) is 100 Å². The summed E-state index contributed by atoms with van der Waals surface area (Å²) in [7, 11) is 6.12. The minimum atomic E-state index is 0.420. The van der Waals surface area contributed by atoms with Gasteiger partial charge >= 0.3 is 0 Å². The average molecular weight is 462 g/mol. The minimum Gasteiger partial charge on any atom is -0.398 e. The number of rotatable bonds is 5. The fourth-order valence-electron chi connectivity index (χ4n) is 3.65. The van der Waals surface area contributed by atoms with Gasteiger partial charge in [0.1, 0.15) is 6.29 Å². The molecule has 7 nitrogen and oxygen atoms in total. The van der Waals surface area contributed by atoms with Crippen LogP contribution in [0.3, 0.4) is 0 Å². The molecule has 2 heterocycles. The van der Waals surface area contributed by atoms with Crippen molar-refractivity contribution in [2.24, 2.45) is 0 Å². The Balaban J connectivity index is 0.000000260. The second-order valence-corrected chi connectivity index (χ2v) is 8.05. The van der Waals surface area contributed by atoms with Crippen LogP contribution in [-0.2, 0) is 4.79 Å². The standard InChI is InChI=1S/C17H15N3O.C7H16N2.C3H4O/c1-19-14-4-2-3-11(7-14)12-5-6-16-15(8-12)17(18)13(10-21)9-20-16;1-8-7-3-5-9(2)6-4-7;1-2-3-4/h2-10,19H,1H3,(H2,18,20);7-8H,3-6H2,1-2H3;2-3H,1H2. The first-order chi connectivity index (χ1) is 16.5. The number of pyridine rings is 1. The van der Waals surface area contributed by atoms with E-state index in [0.29, 0.717) is 17.5 Å². The molecule has 34 heavy (non-hydrogen) atoms. The molecule has 0 atom stereocenters. The summed E-state index contributed by atoms with van der Waals surface area (Å²) in [5.74, 6) is 0. The number of carbonyl (C=O) groups is 2. The van der Waals surface area contributed by atoms with Gasteiger partial charge < -0.3 is 21.3 Å². The fourth-order valence-corrected chi connectivity index (χ4v) is 3.65. The van der Waals surface area contributed by atoms with E-state index in [2.05, 4.69) is 47.3 Å². The Morgan fingerprint density at radius 3 is 2.35 bits per heavy atom. The van der Waals surface area contributed by atoms with Crippen molar-refractivity contribution in [3.05, 3.63) is 66.9 Å². The van der Waals surface area contributed by atoms with E-state index < -0.39 is 0 Å². The van der Waals surface area contributed by atoms with E-state index in [1.165, 1.54) is 38.2 Å². The first-order valence-corrected chi connectivity index (χ1v) is 11.3. The van der Waals surface area contributed by atoms with Gasteiger partial charge in [0.2, 0.25) is 0 Å². The van der Waals surface area contributed by atoms with Crippen LogP contribution in [-0.4, -0.2) is 62.7 Å². The number of nitrogens with zero attached hydrogens (tertiary/aromatic N) is 2. The summed E-state index contributed by atoms with van der Waals surface area (Å²) in [5.41, 5.74) is 10.9. The molecule has 180 valence electrons. The number of allylic oxidation sites excluding steroid dienone is 1. The van der Waals surface area contributed by atoms with E-state index in [1.54, 1.807) is 0 Å². The molecular formula is C27H35N5O2. The van der Waals surface area contributed by atoms with Gasteiger partial charge in [0.25, 0.3) is 0 Å². The number of piperidine rings is 1. The molecule has 4 N–H and O–H groups in total. The molecule has 0 saturated carbocycles. The van der Waals surface area contributed by atoms with Crippen molar-refractivity contribution in [3.63, 3.8) is 0 Å². The zero-order chi connectivity index (χ0) is 24.9. The fraction of sp³-hybridized carbons (Fsp3) is 0.296. The molecule has 7 heteroatoms. The lowest BCUT2D eigenvalue weighted by Crippen LogP contribution is -2.39. The van der Waals surface area contributed by atoms with Crippen LogP contribution in [0.5, 0.6) is 0 Å². The number of likely N-dealkylation sites (tertiary alicyclic amines) is 1. The second kappa shape index (κ2) is 13.9. The predicted molar refractivity (Wildman–Crippen MR) is 142 cm³/mol. The molecule has 0 amide bonds. The van der Waals surface area contributed by atoms with Crippen LogP contribution in [0.1, 0.15) is 23.2 Å². The normalized spacial score (nSPS) is 13.6. The van der Waals surface area contributed by atoms with Crippen LogP contribution in [0.15, 0.2) is 61.3 Å². The van der Waals surface area contributed by atoms with Crippen molar-refractivity contribution >= 4 is 34.9 Å². The molecule has 0 unspecified atom stereocenters. The van der Waals surface area contributed by atoms with Gasteiger partial charge in [-0.25, -0.2) is 0 Å². The largest absolute Gasteiger partial charge is 0.398 e. The summed E-state index contributed by atoms with van der Waals surface area (Å²) in [6.07, 6.45) is 6.70. The number of anilines is 2. The van der Waals surface area contributed by atoms with Gasteiger partial charge in [-0.1, -0.05) is 24.8 Å². The summed E-state index contributed by atoms with van der Waals surface area (Å²) >= 11 is 0. The second-order valence-electron chi connectivity index (χ2n) is 8.05. The van der Waals surface area contributed by atoms with Crippen LogP contribution < -0.4 is 16.4 Å². The molecular weight excluding hydrogens is 426 g/mol. The zero-order valence-electron chi connectivity index (χ0n) is 20.3. The van der Waals surface area contributed by atoms with E-state index >= 15 is 0 Å². The van der Waals surface area contributed by atoms with E-state index in [0.717, 1.165) is 40.0 Å². The number of aromatic nitrogens is 1. The minimum absolute atomic E-state index is 0.420. The van der Waals surface area contributed by atoms with Gasteiger partial charge in [0.15, 0.2) is 6.29 Å². The van der Waals surface area contributed by atoms with Crippen molar-refractivity contribution in [1.82, 2.24) is 15.2 Å². The zero-order valence-corrected chi connectivity index (χ0v) is 20.3. The molecule has 1 aliphatic heterocycles. The first-order valence-electron chi connectivity index (χ1n) is 11.3. The number of nitrogens with two attached hydrogens (primary N) is 1. The van der Waals surface area contributed by atoms with Gasteiger partial charge in [0, 0.05) is 30.4 Å². The number of nitrogens with one attached hydrogen (secondary N) is 2. The number of fused-ring (bicyclic) bond motifs is 1. The SMILES string of the molecule is C=CC=O.CNC1CCN(C)CC1.CNc1cccc(-c2ccc3ncc(C=O)c(N)c3c2)c1. The molecule has 1 saturated heterocycles. The van der Waals surface area contributed by atoms with Crippen molar-refractivity contribution in [2.45, 2.75) is 18.9 Å². The van der Waals surface area contributed by atoms with Crippen molar-refractivity contribution in [3.8, 4) is 11.1 Å². The van der Waals surface area contributed by atoms with E-state index in [4.69, 9.17) is 10.5 Å². The lowest BCUT2D eigenvalue weighted by molar-refractivity contribution is -0.104. The summed E-state index contributed by atoms with van der Waals surface area (Å²) in [6.45, 7) is 5.62. The third-order valence-electron chi connectivity index (χ3n) is 5.78. The lowest BCUT2D eigenvalue weighted by Gasteiger charge is -2.28. The summed E-state index contributed by atoms with van der Waals surface area (Å²) in [4.78, 5) is 26.7. The quantitative estimate of drug-likeness (QED) is 0.390. The molecule has 1 aromatic heterocycles. The Morgan fingerprint density at radius 1 is 1.09 bits per heavy atom. The number of carbonyl (C=O) groups excluding carboxylic acids is 2. The van der Waals surface area contributed by atoms with Gasteiger partial charge in [-0.2, -0.15) is 0 Å². The molecule has 1 aliphatic rings. The monoisotopic (exact) mass is 461 g/mol. The van der Waals surface area contributed by atoms with Gasteiger partial charge in [0.05, 0.1) is 16.8 Å². The molecule has 0 spiro atoms. The van der Waals surface area contributed by atoms with Gasteiger partial charge in [-0.3, -0.25) is 14.6 Å². The maximum atomic E-state index is 11.0. The molecule has 4 rings (SSSR count). The Bertz CT molecular complexity index is 1090. The number of aldehydes is 2. The Hall–Kier alpha value is -3.55. The number of benzene rings is 2. The molecule has 2 aromatic carbocycles. The first kappa shape index (κ1) is 26.7. The molecule has 0 aliphatic carbocycles. The van der Waals surface area contributed by atoms with Crippen molar-refractivity contribution in [1.29, 1.82) is 0 Å². The van der Waals surface area contributed by atoms with E-state index in [1.807, 2.05) is 43.4 Å². The van der Waals surface area contributed by atoms with E-state index in [-0.39, 0.29) is 0 Å². The summed E-state index contributed by atoms with van der Waals surface area (Å²) in [5, 5.41) is 7.22. The van der Waals surface area contributed by atoms with Crippen LogP contribution in [0.4, 0.5) is 11.4 Å². The van der Waals surface area contributed by atoms with Crippen molar-refractivity contribution in [2.75, 3.05) is 45.3 Å². The van der Waals surface area contributed by atoms with Crippen LogP contribution >= 0.6 is 0 Å². The van der Waals surface area contributed by atoms with Gasteiger partial charge in [-0.15, -0.1) is 0 Å². The Morgan fingerprint density at radius 2 is 1.76 bits per heavy atom. The number of hydrogen-bond donors (Lipinski definition) is 3. The average Bonchev–Trinajstić information content (AvgIpc) is 2.90. The summed E-state index contributed by atoms with van der Waals surface area (Å²) in [6, 6.07) is 14.8. The smallest absolute Gasteiger partial charge is 0.153 e. The maximum absolute atomic E-state index is 11.0. The molecule has 3 aromatic rings. The summed E-state index contributed by atoms with van der Waals surface area (Å²) < 4.78 is 0. The lowest BCUT2D eigenvalue weighted by atomic mass is 10.0. The molecule has 0 bridgehead atoms. The predicted octanol–water partition coefficient (Wildman–Crippen LogP) is 4.01. The highest BCUT2D eigenvalue weighted by Crippen LogP contribution is 2.29. The number of nitrogen functional groups attached to an aromatic ring is 1. The van der Waals surface area contributed by atoms with E-state index in [9.17, 15) is 4.79 Å². The Kier molecular flexibility index (Phi) is 10.9. The van der Waals surface area contributed by atoms with Crippen LogP contribution in [0, 0.1) is 0 Å². The third kappa shape index (κ3) is 7.50. The van der Waals surface area contributed by atoms with Crippen LogP contribution in [0.25, 0.3) is 22.0 Å². The molecule has 1 fully saturated rings. The highest BCUT2D eigenvalue weighted by molar-refractivity contribution is 6.00. The highest BCUT2D eigenvalue weighted by atomic mass is 16.1. The Labute approximate surface area is 202 Å². The third-order valence-corrected chi connectivity index (χ3v) is 5.78. The van der Waals surface area contributed by atoms with Gasteiger partial charge in [-0.05, 0) is 81.5 Å². The van der Waals surface area contributed by atoms with Crippen molar-refractivity contribution < 1.29 is 9.59 Å². The van der Waals surface area contributed by atoms with Crippen LogP contribution in [0.2, 0.25) is 0 Å². The molecule has 0 radical (unpaired) electrons.